The maximum absolute atomic E-state index is 6.12. The molecule has 0 N–H and O–H groups in total. The molecular formula is C41H25N3O. The quantitative estimate of drug-likeness (QED) is 0.209. The second-order valence-electron chi connectivity index (χ2n) is 11.3. The van der Waals surface area contributed by atoms with Gasteiger partial charge >= 0.3 is 0 Å². The Bertz CT molecular complexity index is 2550. The van der Waals surface area contributed by atoms with E-state index in [0.29, 0.717) is 17.5 Å². The summed E-state index contributed by atoms with van der Waals surface area (Å²) in [6.07, 6.45) is 0. The second-order valence-corrected chi connectivity index (χ2v) is 11.3. The first-order valence-electron chi connectivity index (χ1n) is 15.0. The number of hydrogen-bond donors (Lipinski definition) is 0. The Morgan fingerprint density at radius 3 is 1.67 bits per heavy atom. The SMILES string of the molecule is c1ccc(-c2cc3ccccc3cc2-c2nc(-c3ccc4ccccc4c3)nc(-c3ccc4oc5ccccc5c4c3)n2)cc1. The predicted molar refractivity (Wildman–Crippen MR) is 184 cm³/mol. The van der Waals surface area contributed by atoms with Crippen LogP contribution < -0.4 is 0 Å². The summed E-state index contributed by atoms with van der Waals surface area (Å²) in [6.45, 7) is 0. The average molecular weight is 576 g/mol. The zero-order chi connectivity index (χ0) is 29.7. The number of fused-ring (bicyclic) bond motifs is 5. The number of hydrogen-bond acceptors (Lipinski definition) is 4. The Labute approximate surface area is 259 Å². The van der Waals surface area contributed by atoms with E-state index in [9.17, 15) is 0 Å². The summed E-state index contributed by atoms with van der Waals surface area (Å²) in [6, 6.07) is 52.3. The van der Waals surface area contributed by atoms with E-state index in [0.717, 1.165) is 60.5 Å². The van der Waals surface area contributed by atoms with Crippen LogP contribution in [-0.4, -0.2) is 15.0 Å². The molecule has 0 aliphatic rings. The fourth-order valence-electron chi connectivity index (χ4n) is 6.23. The van der Waals surface area contributed by atoms with Crippen LogP contribution in [0.1, 0.15) is 0 Å². The van der Waals surface area contributed by atoms with Crippen LogP contribution in [0.15, 0.2) is 156 Å². The van der Waals surface area contributed by atoms with Gasteiger partial charge in [0.15, 0.2) is 17.5 Å². The number of furan rings is 1. The molecule has 0 fully saturated rings. The molecule has 0 unspecified atom stereocenters. The highest BCUT2D eigenvalue weighted by Crippen LogP contribution is 2.37. The van der Waals surface area contributed by atoms with E-state index in [2.05, 4.69) is 115 Å². The average Bonchev–Trinajstić information content (AvgIpc) is 3.49. The molecule has 0 atom stereocenters. The van der Waals surface area contributed by atoms with E-state index in [4.69, 9.17) is 19.4 Å². The maximum atomic E-state index is 6.12. The highest BCUT2D eigenvalue weighted by molar-refractivity contribution is 6.06. The molecule has 0 saturated heterocycles. The minimum atomic E-state index is 0.613. The summed E-state index contributed by atoms with van der Waals surface area (Å²) in [4.78, 5) is 15.4. The molecule has 0 aliphatic carbocycles. The van der Waals surface area contributed by atoms with Crippen molar-refractivity contribution < 1.29 is 4.42 Å². The largest absolute Gasteiger partial charge is 0.456 e. The fraction of sp³-hybridized carbons (Fsp3) is 0. The number of benzene rings is 7. The molecule has 7 aromatic carbocycles. The first kappa shape index (κ1) is 25.4. The maximum Gasteiger partial charge on any atom is 0.164 e. The Hall–Kier alpha value is -6.13. The first-order valence-corrected chi connectivity index (χ1v) is 15.0. The molecule has 0 bridgehead atoms. The van der Waals surface area contributed by atoms with E-state index < -0.39 is 0 Å². The van der Waals surface area contributed by atoms with Gasteiger partial charge in [-0.1, -0.05) is 109 Å². The van der Waals surface area contributed by atoms with Crippen LogP contribution in [0.4, 0.5) is 0 Å². The minimum Gasteiger partial charge on any atom is -0.456 e. The standard InChI is InChI=1S/C41H25N3O/c1-2-11-27(12-3-1)34-23-29-14-6-7-15-30(29)24-36(34)41-43-39(31-19-18-26-10-4-5-13-28(26)22-31)42-40(44-41)32-20-21-38-35(25-32)33-16-8-9-17-37(33)45-38/h1-25H. The van der Waals surface area contributed by atoms with Crippen LogP contribution >= 0.6 is 0 Å². The molecule has 9 rings (SSSR count). The van der Waals surface area contributed by atoms with Crippen molar-refractivity contribution in [2.24, 2.45) is 0 Å². The summed E-state index contributed by atoms with van der Waals surface area (Å²) in [5.41, 5.74) is 6.69. The van der Waals surface area contributed by atoms with Crippen LogP contribution in [0.3, 0.4) is 0 Å². The summed E-state index contributed by atoms with van der Waals surface area (Å²) in [5, 5.41) is 6.72. The molecule has 0 aliphatic heterocycles. The molecular weight excluding hydrogens is 550 g/mol. The molecule has 0 saturated carbocycles. The van der Waals surface area contributed by atoms with Gasteiger partial charge in [0.1, 0.15) is 11.2 Å². The predicted octanol–water partition coefficient (Wildman–Crippen LogP) is 10.7. The van der Waals surface area contributed by atoms with Gasteiger partial charge < -0.3 is 4.42 Å². The minimum absolute atomic E-state index is 0.613. The van der Waals surface area contributed by atoms with Crippen molar-refractivity contribution in [3.63, 3.8) is 0 Å². The smallest absolute Gasteiger partial charge is 0.164 e. The fourth-order valence-corrected chi connectivity index (χ4v) is 6.23. The van der Waals surface area contributed by atoms with Gasteiger partial charge in [-0.15, -0.1) is 0 Å². The monoisotopic (exact) mass is 575 g/mol. The normalized spacial score (nSPS) is 11.6. The molecule has 4 nitrogen and oxygen atoms in total. The molecule has 0 radical (unpaired) electrons. The lowest BCUT2D eigenvalue weighted by atomic mass is 9.95. The van der Waals surface area contributed by atoms with Crippen LogP contribution in [0, 0.1) is 0 Å². The van der Waals surface area contributed by atoms with Crippen LogP contribution in [0.5, 0.6) is 0 Å². The second kappa shape index (κ2) is 10.2. The van der Waals surface area contributed by atoms with E-state index in [-0.39, 0.29) is 0 Å². The van der Waals surface area contributed by atoms with Crippen molar-refractivity contribution in [2.75, 3.05) is 0 Å². The van der Waals surface area contributed by atoms with Gasteiger partial charge in [-0.25, -0.2) is 15.0 Å². The lowest BCUT2D eigenvalue weighted by Gasteiger charge is -2.14. The third-order valence-electron chi connectivity index (χ3n) is 8.49. The van der Waals surface area contributed by atoms with Gasteiger partial charge in [0.25, 0.3) is 0 Å². The number of nitrogens with zero attached hydrogens (tertiary/aromatic N) is 3. The molecule has 4 heteroatoms. The van der Waals surface area contributed by atoms with Crippen LogP contribution in [-0.2, 0) is 0 Å². The Morgan fingerprint density at radius 2 is 0.889 bits per heavy atom. The molecule has 2 aromatic heterocycles. The van der Waals surface area contributed by atoms with Gasteiger partial charge in [-0.3, -0.25) is 0 Å². The number of para-hydroxylation sites is 1. The van der Waals surface area contributed by atoms with E-state index >= 15 is 0 Å². The zero-order valence-electron chi connectivity index (χ0n) is 24.2. The molecule has 2 heterocycles. The number of aromatic nitrogens is 3. The lowest BCUT2D eigenvalue weighted by molar-refractivity contribution is 0.669. The molecule has 0 spiro atoms. The summed E-state index contributed by atoms with van der Waals surface area (Å²) in [7, 11) is 0. The Balaban J connectivity index is 1.32. The van der Waals surface area contributed by atoms with Gasteiger partial charge in [-0.05, 0) is 75.1 Å². The van der Waals surface area contributed by atoms with E-state index in [1.165, 1.54) is 10.8 Å². The lowest BCUT2D eigenvalue weighted by Crippen LogP contribution is -2.01. The van der Waals surface area contributed by atoms with Crippen molar-refractivity contribution in [1.82, 2.24) is 15.0 Å². The van der Waals surface area contributed by atoms with Crippen molar-refractivity contribution >= 4 is 43.5 Å². The molecule has 9 aromatic rings. The van der Waals surface area contributed by atoms with Crippen molar-refractivity contribution in [1.29, 1.82) is 0 Å². The van der Waals surface area contributed by atoms with E-state index in [1.807, 2.05) is 36.4 Å². The highest BCUT2D eigenvalue weighted by atomic mass is 16.3. The van der Waals surface area contributed by atoms with Gasteiger partial charge in [-0.2, -0.15) is 0 Å². The van der Waals surface area contributed by atoms with Gasteiger partial charge in [0.2, 0.25) is 0 Å². The number of rotatable bonds is 4. The molecule has 45 heavy (non-hydrogen) atoms. The third kappa shape index (κ3) is 4.43. The van der Waals surface area contributed by atoms with Crippen LogP contribution in [0.25, 0.3) is 88.8 Å². The first-order chi connectivity index (χ1) is 22.3. The van der Waals surface area contributed by atoms with Crippen molar-refractivity contribution in [3.05, 3.63) is 152 Å². The Morgan fingerprint density at radius 1 is 0.333 bits per heavy atom. The van der Waals surface area contributed by atoms with Crippen molar-refractivity contribution in [2.45, 2.75) is 0 Å². The molecule has 0 amide bonds. The third-order valence-corrected chi connectivity index (χ3v) is 8.49. The Kier molecular flexibility index (Phi) is 5.78. The van der Waals surface area contributed by atoms with Crippen LogP contribution in [0.2, 0.25) is 0 Å². The summed E-state index contributed by atoms with van der Waals surface area (Å²) in [5.74, 6) is 1.87. The van der Waals surface area contributed by atoms with Crippen molar-refractivity contribution in [3.8, 4) is 45.3 Å². The van der Waals surface area contributed by atoms with Gasteiger partial charge in [0.05, 0.1) is 0 Å². The summed E-state index contributed by atoms with van der Waals surface area (Å²) >= 11 is 0. The van der Waals surface area contributed by atoms with Gasteiger partial charge in [0, 0.05) is 27.5 Å². The highest BCUT2D eigenvalue weighted by Gasteiger charge is 2.18. The zero-order valence-corrected chi connectivity index (χ0v) is 24.2. The molecule has 210 valence electrons. The van der Waals surface area contributed by atoms with E-state index in [1.54, 1.807) is 0 Å². The topological polar surface area (TPSA) is 51.8 Å². The summed E-state index contributed by atoms with van der Waals surface area (Å²) < 4.78 is 6.12.